The first-order valence-corrected chi connectivity index (χ1v) is 6.15. The second kappa shape index (κ2) is 4.44. The summed E-state index contributed by atoms with van der Waals surface area (Å²) in [5.74, 6) is 0.632. The van der Waals surface area contributed by atoms with Crippen molar-refractivity contribution in [3.8, 4) is 0 Å². The largest absolute Gasteiger partial charge is 0.481 e. The predicted octanol–water partition coefficient (Wildman–Crippen LogP) is 1.40. The third-order valence-electron chi connectivity index (χ3n) is 3.97. The Morgan fingerprint density at radius 1 is 1.38 bits per heavy atom. The molecule has 16 heavy (non-hydrogen) atoms. The molecular weight excluding hydrogens is 206 g/mol. The monoisotopic (exact) mass is 225 g/mol. The van der Waals surface area contributed by atoms with Gasteiger partial charge in [-0.1, -0.05) is 13.3 Å². The summed E-state index contributed by atoms with van der Waals surface area (Å²) >= 11 is 0. The van der Waals surface area contributed by atoms with E-state index >= 15 is 0 Å². The van der Waals surface area contributed by atoms with Crippen LogP contribution in [0.5, 0.6) is 0 Å². The molecule has 1 amide bonds. The molecule has 4 nitrogen and oxygen atoms in total. The van der Waals surface area contributed by atoms with Gasteiger partial charge in [-0.15, -0.1) is 0 Å². The van der Waals surface area contributed by atoms with Gasteiger partial charge in [-0.05, 0) is 31.1 Å². The average molecular weight is 225 g/mol. The molecule has 2 saturated carbocycles. The molecule has 0 heterocycles. The minimum Gasteiger partial charge on any atom is -0.481 e. The highest BCUT2D eigenvalue weighted by molar-refractivity contribution is 5.83. The van der Waals surface area contributed by atoms with Crippen LogP contribution in [0.2, 0.25) is 0 Å². The van der Waals surface area contributed by atoms with Gasteiger partial charge in [-0.25, -0.2) is 0 Å². The molecule has 0 aromatic heterocycles. The number of hydrogen-bond donors (Lipinski definition) is 2. The van der Waals surface area contributed by atoms with E-state index in [1.807, 2.05) is 6.92 Å². The molecule has 3 atom stereocenters. The van der Waals surface area contributed by atoms with Crippen molar-refractivity contribution in [2.24, 2.45) is 17.8 Å². The number of amides is 1. The molecule has 0 bridgehead atoms. The first-order valence-electron chi connectivity index (χ1n) is 6.15. The number of fused-ring (bicyclic) bond motifs is 1. The van der Waals surface area contributed by atoms with Crippen LogP contribution in [0.1, 0.15) is 39.0 Å². The minimum atomic E-state index is -0.844. The molecule has 0 aromatic carbocycles. The summed E-state index contributed by atoms with van der Waals surface area (Å²) in [4.78, 5) is 22.4. The SMILES string of the molecule is CCC(CC(=O)O)NC(=O)C1C2CCCC21. The van der Waals surface area contributed by atoms with Crippen LogP contribution in [0.4, 0.5) is 0 Å². The summed E-state index contributed by atoms with van der Waals surface area (Å²) in [6.07, 6.45) is 4.33. The highest BCUT2D eigenvalue weighted by Crippen LogP contribution is 2.57. The van der Waals surface area contributed by atoms with Crippen molar-refractivity contribution in [3.63, 3.8) is 0 Å². The fraction of sp³-hybridized carbons (Fsp3) is 0.833. The third kappa shape index (κ3) is 2.20. The second-order valence-corrected chi connectivity index (χ2v) is 5.00. The molecule has 0 saturated heterocycles. The second-order valence-electron chi connectivity index (χ2n) is 5.00. The van der Waals surface area contributed by atoms with Crippen LogP contribution in [0, 0.1) is 17.8 Å². The highest BCUT2D eigenvalue weighted by Gasteiger charge is 2.56. The molecule has 2 rings (SSSR count). The summed E-state index contributed by atoms with van der Waals surface area (Å²) < 4.78 is 0. The van der Waals surface area contributed by atoms with Crippen LogP contribution in [0.15, 0.2) is 0 Å². The lowest BCUT2D eigenvalue weighted by atomic mass is 10.1. The summed E-state index contributed by atoms with van der Waals surface area (Å²) in [6, 6.07) is -0.202. The number of carbonyl (C=O) groups is 2. The van der Waals surface area contributed by atoms with Crippen LogP contribution < -0.4 is 5.32 Å². The summed E-state index contributed by atoms with van der Waals surface area (Å²) in [5.41, 5.74) is 0. The number of nitrogens with one attached hydrogen (secondary N) is 1. The average Bonchev–Trinajstić information content (AvgIpc) is 2.71. The summed E-state index contributed by atoms with van der Waals surface area (Å²) in [7, 11) is 0. The van der Waals surface area contributed by atoms with Gasteiger partial charge in [0.25, 0.3) is 0 Å². The summed E-state index contributed by atoms with van der Waals surface area (Å²) in [5, 5.41) is 11.6. The van der Waals surface area contributed by atoms with Gasteiger partial charge < -0.3 is 10.4 Å². The van der Waals surface area contributed by atoms with Crippen molar-refractivity contribution in [1.29, 1.82) is 0 Å². The Bertz CT molecular complexity index is 293. The number of hydrogen-bond acceptors (Lipinski definition) is 2. The lowest BCUT2D eigenvalue weighted by Crippen LogP contribution is -2.37. The molecule has 4 heteroatoms. The fourth-order valence-corrected chi connectivity index (χ4v) is 3.02. The Kier molecular flexibility index (Phi) is 3.17. The molecule has 2 aliphatic carbocycles. The Hall–Kier alpha value is -1.06. The zero-order valence-corrected chi connectivity index (χ0v) is 9.61. The Labute approximate surface area is 95.4 Å². The van der Waals surface area contributed by atoms with Gasteiger partial charge in [0.05, 0.1) is 6.42 Å². The van der Waals surface area contributed by atoms with Crippen LogP contribution in [0.25, 0.3) is 0 Å². The van der Waals surface area contributed by atoms with Crippen LogP contribution in [-0.4, -0.2) is 23.0 Å². The number of aliphatic carboxylic acids is 1. The maximum atomic E-state index is 11.9. The normalized spacial score (nSPS) is 32.9. The van der Waals surface area contributed by atoms with Gasteiger partial charge in [-0.3, -0.25) is 9.59 Å². The Morgan fingerprint density at radius 3 is 2.50 bits per heavy atom. The minimum absolute atomic E-state index is 0.0320. The van der Waals surface area contributed by atoms with Crippen molar-refractivity contribution in [1.82, 2.24) is 5.32 Å². The van der Waals surface area contributed by atoms with Crippen molar-refractivity contribution >= 4 is 11.9 Å². The first-order chi connectivity index (χ1) is 7.63. The zero-order valence-electron chi connectivity index (χ0n) is 9.61. The predicted molar refractivity (Wildman–Crippen MR) is 58.8 cm³/mol. The van der Waals surface area contributed by atoms with Gasteiger partial charge in [0, 0.05) is 12.0 Å². The number of rotatable bonds is 5. The van der Waals surface area contributed by atoms with E-state index in [1.165, 1.54) is 19.3 Å². The van der Waals surface area contributed by atoms with E-state index in [-0.39, 0.29) is 24.3 Å². The van der Waals surface area contributed by atoms with E-state index in [2.05, 4.69) is 5.32 Å². The van der Waals surface area contributed by atoms with Crippen molar-refractivity contribution < 1.29 is 14.7 Å². The molecule has 2 fully saturated rings. The van der Waals surface area contributed by atoms with E-state index in [9.17, 15) is 9.59 Å². The molecule has 0 spiro atoms. The maximum Gasteiger partial charge on any atom is 0.305 e. The molecule has 0 radical (unpaired) electrons. The Morgan fingerprint density at radius 2 is 2.00 bits per heavy atom. The van der Waals surface area contributed by atoms with Crippen molar-refractivity contribution in [2.45, 2.75) is 45.1 Å². The van der Waals surface area contributed by atoms with Gasteiger partial charge in [0.2, 0.25) is 5.91 Å². The quantitative estimate of drug-likeness (QED) is 0.743. The van der Waals surface area contributed by atoms with Crippen molar-refractivity contribution in [3.05, 3.63) is 0 Å². The van der Waals surface area contributed by atoms with E-state index in [0.29, 0.717) is 18.3 Å². The van der Waals surface area contributed by atoms with Gasteiger partial charge in [-0.2, -0.15) is 0 Å². The molecule has 3 unspecified atom stereocenters. The summed E-state index contributed by atoms with van der Waals surface area (Å²) in [6.45, 7) is 1.90. The maximum absolute atomic E-state index is 11.9. The van der Waals surface area contributed by atoms with Gasteiger partial charge >= 0.3 is 5.97 Å². The molecule has 90 valence electrons. The molecule has 2 N–H and O–H groups in total. The third-order valence-corrected chi connectivity index (χ3v) is 3.97. The fourth-order valence-electron chi connectivity index (χ4n) is 3.02. The van der Waals surface area contributed by atoms with E-state index in [0.717, 1.165) is 0 Å². The number of carboxylic acid groups (broad SMARTS) is 1. The number of carboxylic acids is 1. The van der Waals surface area contributed by atoms with E-state index in [1.54, 1.807) is 0 Å². The van der Waals surface area contributed by atoms with Crippen molar-refractivity contribution in [2.75, 3.05) is 0 Å². The lowest BCUT2D eigenvalue weighted by molar-refractivity contribution is -0.137. The van der Waals surface area contributed by atoms with E-state index < -0.39 is 5.97 Å². The highest BCUT2D eigenvalue weighted by atomic mass is 16.4. The van der Waals surface area contributed by atoms with Crippen LogP contribution in [-0.2, 0) is 9.59 Å². The lowest BCUT2D eigenvalue weighted by Gasteiger charge is -2.15. The molecular formula is C12H19NO3. The molecule has 0 aliphatic heterocycles. The number of carbonyl (C=O) groups excluding carboxylic acids is 1. The van der Waals surface area contributed by atoms with Crippen LogP contribution in [0.3, 0.4) is 0 Å². The Balaban J connectivity index is 1.80. The topological polar surface area (TPSA) is 66.4 Å². The molecule has 2 aliphatic rings. The van der Waals surface area contributed by atoms with Gasteiger partial charge in [0.15, 0.2) is 0 Å². The zero-order chi connectivity index (χ0) is 11.7. The van der Waals surface area contributed by atoms with E-state index in [4.69, 9.17) is 5.11 Å². The first kappa shape index (κ1) is 11.4. The smallest absolute Gasteiger partial charge is 0.305 e. The van der Waals surface area contributed by atoms with Crippen LogP contribution >= 0.6 is 0 Å². The molecule has 0 aromatic rings. The van der Waals surface area contributed by atoms with Gasteiger partial charge in [0.1, 0.15) is 0 Å². The standard InChI is InChI=1S/C12H19NO3/c1-2-7(6-10(14)15)13-12(16)11-8-4-3-5-9(8)11/h7-9,11H,2-6H2,1H3,(H,13,16)(H,14,15).